The lowest BCUT2D eigenvalue weighted by Crippen LogP contribution is -2.13. The van der Waals surface area contributed by atoms with Crippen LogP contribution in [0.5, 0.6) is 0 Å². The van der Waals surface area contributed by atoms with Gasteiger partial charge in [0.05, 0.1) is 17.3 Å². The lowest BCUT2D eigenvalue weighted by atomic mass is 10.2. The second-order valence-corrected chi connectivity index (χ2v) is 2.68. The van der Waals surface area contributed by atoms with Crippen molar-refractivity contribution in [2.75, 3.05) is 5.73 Å². The minimum absolute atomic E-state index is 0.0956. The molecule has 0 aliphatic rings. The maximum atomic E-state index is 12.2. The van der Waals surface area contributed by atoms with Gasteiger partial charge >= 0.3 is 0 Å². The topological polar surface area (TPSA) is 58.9 Å². The van der Waals surface area contributed by atoms with Crippen LogP contribution in [-0.2, 0) is 5.88 Å². The highest BCUT2D eigenvalue weighted by Crippen LogP contribution is 2.25. The van der Waals surface area contributed by atoms with Gasteiger partial charge in [0.25, 0.3) is 6.43 Å². The average molecular weight is 209 g/mol. The van der Waals surface area contributed by atoms with Crippen molar-refractivity contribution < 1.29 is 8.78 Å². The summed E-state index contributed by atoms with van der Waals surface area (Å²) < 4.78 is 24.5. The number of nitrogens with two attached hydrogens (primary N) is 1. The van der Waals surface area contributed by atoms with Crippen molar-refractivity contribution in [2.45, 2.75) is 12.3 Å². The van der Waals surface area contributed by atoms with Crippen LogP contribution in [0.1, 0.15) is 17.7 Å². The third-order valence-electron chi connectivity index (χ3n) is 1.57. The highest BCUT2D eigenvalue weighted by Gasteiger charge is 2.14. The number of hydrogen-bond acceptors (Lipinski definition) is 2. The van der Waals surface area contributed by atoms with Gasteiger partial charge in [0.1, 0.15) is 0 Å². The maximum Gasteiger partial charge on any atom is 0.266 e. The summed E-state index contributed by atoms with van der Waals surface area (Å²) >= 11 is 5.39. The molecule has 0 saturated carbocycles. The van der Waals surface area contributed by atoms with E-state index >= 15 is 0 Å². The fourth-order valence-electron chi connectivity index (χ4n) is 0.931. The molecule has 3 nitrogen and oxygen atoms in total. The van der Waals surface area contributed by atoms with E-state index in [1.807, 2.05) is 0 Å². The summed E-state index contributed by atoms with van der Waals surface area (Å²) in [6.07, 6.45) is -2.76. The Morgan fingerprint density at radius 1 is 1.62 bits per heavy atom. The molecule has 6 heteroatoms. The number of hydrogen-bond donors (Lipinski definition) is 2. The van der Waals surface area contributed by atoms with E-state index in [0.717, 1.165) is 6.07 Å². The largest absolute Gasteiger partial charge is 0.397 e. The van der Waals surface area contributed by atoms with Gasteiger partial charge in [-0.25, -0.2) is 8.78 Å². The van der Waals surface area contributed by atoms with E-state index in [0.29, 0.717) is 0 Å². The number of aromatic amines is 1. The van der Waals surface area contributed by atoms with Gasteiger partial charge < -0.3 is 10.7 Å². The Morgan fingerprint density at radius 2 is 2.23 bits per heavy atom. The molecule has 3 N–H and O–H groups in total. The molecule has 1 aromatic rings. The average Bonchev–Trinajstić information content (AvgIpc) is 2.08. The third-order valence-corrected chi connectivity index (χ3v) is 1.83. The smallest absolute Gasteiger partial charge is 0.266 e. The van der Waals surface area contributed by atoms with Gasteiger partial charge in [0, 0.05) is 11.6 Å². The van der Waals surface area contributed by atoms with Crippen LogP contribution in [0.25, 0.3) is 0 Å². The molecule has 1 heterocycles. The zero-order valence-electron chi connectivity index (χ0n) is 6.48. The molecule has 0 fully saturated rings. The fraction of sp³-hybridized carbons (Fsp3) is 0.286. The Bertz CT molecular complexity index is 364. The van der Waals surface area contributed by atoms with Gasteiger partial charge in [-0.15, -0.1) is 11.6 Å². The molecular formula is C7H7ClF2N2O. The standard InChI is InChI=1S/C7H7ClF2N2O/c8-2-4-6(11)3(7(9)10)1-5(13)12-4/h1,7H,2,11H2,(H,12,13). The van der Waals surface area contributed by atoms with Crippen LogP contribution in [0.15, 0.2) is 10.9 Å². The van der Waals surface area contributed by atoms with Crippen molar-refractivity contribution >= 4 is 17.3 Å². The van der Waals surface area contributed by atoms with Crippen molar-refractivity contribution in [3.63, 3.8) is 0 Å². The van der Waals surface area contributed by atoms with Crippen LogP contribution in [0.4, 0.5) is 14.5 Å². The SMILES string of the molecule is Nc1c(C(F)F)cc(=O)[nH]c1CCl. The number of nitrogens with one attached hydrogen (secondary N) is 1. The number of halogens is 3. The highest BCUT2D eigenvalue weighted by atomic mass is 35.5. The van der Waals surface area contributed by atoms with E-state index in [1.165, 1.54) is 0 Å². The molecule has 0 saturated heterocycles. The zero-order valence-corrected chi connectivity index (χ0v) is 7.24. The van der Waals surface area contributed by atoms with Crippen LogP contribution in [0.2, 0.25) is 0 Å². The first kappa shape index (κ1) is 9.98. The van der Waals surface area contributed by atoms with Crippen LogP contribution < -0.4 is 11.3 Å². The molecule has 0 radical (unpaired) electrons. The van der Waals surface area contributed by atoms with Crippen LogP contribution in [0, 0.1) is 0 Å². The van der Waals surface area contributed by atoms with Crippen LogP contribution in [0.3, 0.4) is 0 Å². The Morgan fingerprint density at radius 3 is 2.69 bits per heavy atom. The fourth-order valence-corrected chi connectivity index (χ4v) is 1.14. The number of pyridine rings is 1. The zero-order chi connectivity index (χ0) is 10.0. The Labute approximate surface area is 77.5 Å². The molecule has 0 unspecified atom stereocenters. The summed E-state index contributed by atoms with van der Waals surface area (Å²) in [5, 5.41) is 0. The lowest BCUT2D eigenvalue weighted by Gasteiger charge is -2.06. The second kappa shape index (κ2) is 3.74. The molecule has 0 bridgehead atoms. The van der Waals surface area contributed by atoms with E-state index in [9.17, 15) is 13.6 Å². The number of anilines is 1. The van der Waals surface area contributed by atoms with Crippen molar-refractivity contribution in [3.8, 4) is 0 Å². The van der Waals surface area contributed by atoms with Crippen molar-refractivity contribution in [2.24, 2.45) is 0 Å². The summed E-state index contributed by atoms with van der Waals surface area (Å²) in [7, 11) is 0. The van der Waals surface area contributed by atoms with E-state index < -0.39 is 17.5 Å². The van der Waals surface area contributed by atoms with E-state index in [2.05, 4.69) is 4.98 Å². The van der Waals surface area contributed by atoms with E-state index in [-0.39, 0.29) is 17.3 Å². The predicted octanol–water partition coefficient (Wildman–Crippen LogP) is 1.63. The molecule has 0 amide bonds. The number of aromatic nitrogens is 1. The molecule has 1 aromatic heterocycles. The molecular weight excluding hydrogens is 202 g/mol. The van der Waals surface area contributed by atoms with Gasteiger partial charge in [-0.1, -0.05) is 0 Å². The van der Waals surface area contributed by atoms with Gasteiger partial charge in [-0.05, 0) is 0 Å². The Hall–Kier alpha value is -1.10. The monoisotopic (exact) mass is 208 g/mol. The normalized spacial score (nSPS) is 10.8. The first-order valence-corrected chi connectivity index (χ1v) is 3.95. The maximum absolute atomic E-state index is 12.2. The number of nitrogen functional groups attached to an aromatic ring is 1. The molecule has 0 aromatic carbocycles. The quantitative estimate of drug-likeness (QED) is 0.726. The van der Waals surface area contributed by atoms with E-state index in [4.69, 9.17) is 17.3 Å². The molecule has 0 atom stereocenters. The molecule has 72 valence electrons. The number of alkyl halides is 3. The van der Waals surface area contributed by atoms with Gasteiger partial charge in [0.2, 0.25) is 5.56 Å². The first-order chi connectivity index (χ1) is 6.06. The number of H-pyrrole nitrogens is 1. The predicted molar refractivity (Wildman–Crippen MR) is 46.0 cm³/mol. The first-order valence-electron chi connectivity index (χ1n) is 3.42. The third kappa shape index (κ3) is 1.98. The molecule has 0 aliphatic carbocycles. The van der Waals surface area contributed by atoms with Gasteiger partial charge in [-0.3, -0.25) is 4.79 Å². The summed E-state index contributed by atoms with van der Waals surface area (Å²) in [6, 6.07) is 0.774. The molecule has 0 aliphatic heterocycles. The molecule has 1 rings (SSSR count). The second-order valence-electron chi connectivity index (χ2n) is 2.42. The van der Waals surface area contributed by atoms with E-state index in [1.54, 1.807) is 0 Å². The highest BCUT2D eigenvalue weighted by molar-refractivity contribution is 6.17. The van der Waals surface area contributed by atoms with Crippen molar-refractivity contribution in [1.82, 2.24) is 4.98 Å². The molecule has 0 spiro atoms. The summed E-state index contributed by atoms with van der Waals surface area (Å²) in [6.45, 7) is 0. The van der Waals surface area contributed by atoms with Gasteiger partial charge in [0.15, 0.2) is 0 Å². The van der Waals surface area contributed by atoms with Gasteiger partial charge in [-0.2, -0.15) is 0 Å². The lowest BCUT2D eigenvalue weighted by molar-refractivity contribution is 0.152. The van der Waals surface area contributed by atoms with Crippen LogP contribution in [-0.4, -0.2) is 4.98 Å². The summed E-state index contributed by atoms with van der Waals surface area (Å²) in [5.74, 6) is -0.0956. The van der Waals surface area contributed by atoms with Crippen LogP contribution >= 0.6 is 11.6 Å². The Balaban J connectivity index is 3.36. The Kier molecular flexibility index (Phi) is 2.87. The minimum Gasteiger partial charge on any atom is -0.397 e. The summed E-state index contributed by atoms with van der Waals surface area (Å²) in [5.41, 5.74) is 4.21. The molecule has 13 heavy (non-hydrogen) atoms. The van der Waals surface area contributed by atoms with Crippen molar-refractivity contribution in [1.29, 1.82) is 0 Å². The summed E-state index contributed by atoms with van der Waals surface area (Å²) in [4.78, 5) is 13.1. The minimum atomic E-state index is -2.76. The van der Waals surface area contributed by atoms with Crippen molar-refractivity contribution in [3.05, 3.63) is 27.7 Å². The number of rotatable bonds is 2.